The summed E-state index contributed by atoms with van der Waals surface area (Å²) in [5.74, 6) is -1.56. The van der Waals surface area contributed by atoms with Gasteiger partial charge >= 0.3 is 0 Å². The summed E-state index contributed by atoms with van der Waals surface area (Å²) in [6.45, 7) is 0.894. The summed E-state index contributed by atoms with van der Waals surface area (Å²) in [7, 11) is 1.48. The predicted octanol–water partition coefficient (Wildman–Crippen LogP) is 2.22. The molecule has 1 aliphatic heterocycles. The molecule has 11 nitrogen and oxygen atoms in total. The number of hydrogen-bond donors (Lipinski definition) is 4. The average molecular weight is 526 g/mol. The number of primary amides is 1. The van der Waals surface area contributed by atoms with E-state index in [1.54, 1.807) is 36.4 Å². The molecular formula is C25H27N5O6S. The topological polar surface area (TPSA) is 170 Å². The average Bonchev–Trinajstić information content (AvgIpc) is 3.56. The molecule has 0 saturated carbocycles. The van der Waals surface area contributed by atoms with Gasteiger partial charge in [0.05, 0.1) is 18.9 Å². The lowest BCUT2D eigenvalue weighted by molar-refractivity contribution is -0.123. The lowest BCUT2D eigenvalue weighted by atomic mass is 10.0. The van der Waals surface area contributed by atoms with Crippen molar-refractivity contribution in [3.8, 4) is 11.5 Å². The van der Waals surface area contributed by atoms with Gasteiger partial charge in [0.2, 0.25) is 5.91 Å². The number of benzene rings is 2. The Morgan fingerprint density at radius 2 is 2.03 bits per heavy atom. The second-order valence-corrected chi connectivity index (χ2v) is 9.16. The number of phenolic OH excluding ortho intramolecular Hbond substituents is 1. The summed E-state index contributed by atoms with van der Waals surface area (Å²) < 4.78 is 14.9. The van der Waals surface area contributed by atoms with E-state index < -0.39 is 23.8 Å². The van der Waals surface area contributed by atoms with Gasteiger partial charge in [-0.1, -0.05) is 18.2 Å². The van der Waals surface area contributed by atoms with Crippen molar-refractivity contribution < 1.29 is 29.0 Å². The van der Waals surface area contributed by atoms with Gasteiger partial charge in [-0.25, -0.2) is 0 Å². The van der Waals surface area contributed by atoms with E-state index in [4.69, 9.17) is 20.9 Å². The first-order valence-corrected chi connectivity index (χ1v) is 12.3. The molecule has 4 rings (SSSR count). The molecule has 3 amide bonds. The number of ether oxygens (including phenoxy) is 2. The van der Waals surface area contributed by atoms with Gasteiger partial charge in [-0.05, 0) is 54.2 Å². The first kappa shape index (κ1) is 25.9. The van der Waals surface area contributed by atoms with E-state index in [0.29, 0.717) is 35.1 Å². The fourth-order valence-corrected chi connectivity index (χ4v) is 4.82. The van der Waals surface area contributed by atoms with Crippen LogP contribution in [0.15, 0.2) is 48.5 Å². The second kappa shape index (κ2) is 11.3. The van der Waals surface area contributed by atoms with E-state index in [-0.39, 0.29) is 34.7 Å². The van der Waals surface area contributed by atoms with E-state index in [2.05, 4.69) is 9.69 Å². The maximum Gasteiger partial charge on any atom is 0.273 e. The number of amides is 3. The molecule has 2 aromatic carbocycles. The zero-order chi connectivity index (χ0) is 26.5. The number of carbonyl (C=O) groups excluding carboxylic acids is 3. The van der Waals surface area contributed by atoms with Crippen LogP contribution in [0.1, 0.15) is 44.6 Å². The maximum atomic E-state index is 14.0. The van der Waals surface area contributed by atoms with Gasteiger partial charge in [0.15, 0.2) is 5.69 Å². The largest absolute Gasteiger partial charge is 0.508 e. The van der Waals surface area contributed by atoms with E-state index in [1.165, 1.54) is 24.1 Å². The highest BCUT2D eigenvalue weighted by molar-refractivity contribution is 7.09. The molecule has 2 heterocycles. The number of nitrogens with zero attached hydrogens (tertiary/aromatic N) is 2. The first-order valence-electron chi connectivity index (χ1n) is 11.5. The van der Waals surface area contributed by atoms with Gasteiger partial charge in [-0.15, -0.1) is 0 Å². The molecular weight excluding hydrogens is 498 g/mol. The van der Waals surface area contributed by atoms with Gasteiger partial charge in [0, 0.05) is 24.9 Å². The van der Waals surface area contributed by atoms with Gasteiger partial charge in [-0.2, -0.15) is 4.37 Å². The van der Waals surface area contributed by atoms with Gasteiger partial charge in [0.1, 0.15) is 22.4 Å². The van der Waals surface area contributed by atoms with Crippen LogP contribution in [0.25, 0.3) is 0 Å². The number of nitrogens with one attached hydrogen (secondary N) is 1. The van der Waals surface area contributed by atoms with Crippen LogP contribution < -0.4 is 26.4 Å². The number of carbonyl (C=O) groups is 3. The number of hydrogen-bond acceptors (Lipinski definition) is 9. The van der Waals surface area contributed by atoms with Crippen molar-refractivity contribution >= 4 is 40.6 Å². The standard InChI is InChI=1S/C25H27N5O6S/c1-35-17-5-2-4-15(12-17)30(25(34)22-19(26)20(23(27)32)29-37-22)21(14-7-9-16(31)10-8-14)24(33)28-13-18-6-3-11-36-18/h2,4-5,7-10,12,18,21,31H,3,6,11,13,26H2,1H3,(H2,27,32)(H,28,33). The summed E-state index contributed by atoms with van der Waals surface area (Å²) in [5, 5.41) is 12.7. The van der Waals surface area contributed by atoms with Crippen LogP contribution in [-0.4, -0.2) is 53.6 Å². The minimum Gasteiger partial charge on any atom is -0.508 e. The summed E-state index contributed by atoms with van der Waals surface area (Å²) in [5.41, 5.74) is 11.8. The highest BCUT2D eigenvalue weighted by Crippen LogP contribution is 2.35. The number of methoxy groups -OCH3 is 1. The van der Waals surface area contributed by atoms with Gasteiger partial charge < -0.3 is 31.4 Å². The highest BCUT2D eigenvalue weighted by atomic mass is 32.1. The Morgan fingerprint density at radius 1 is 1.27 bits per heavy atom. The minimum atomic E-state index is -1.18. The third-order valence-corrected chi connectivity index (χ3v) is 6.80. The van der Waals surface area contributed by atoms with Crippen LogP contribution in [0.5, 0.6) is 11.5 Å². The molecule has 1 fully saturated rings. The zero-order valence-electron chi connectivity index (χ0n) is 20.0. The summed E-state index contributed by atoms with van der Waals surface area (Å²) >= 11 is 0.716. The molecule has 1 aromatic heterocycles. The molecule has 1 aliphatic rings. The van der Waals surface area contributed by atoms with Crippen LogP contribution in [-0.2, 0) is 9.53 Å². The van der Waals surface area contributed by atoms with Crippen molar-refractivity contribution in [3.05, 3.63) is 64.7 Å². The molecule has 37 heavy (non-hydrogen) atoms. The predicted molar refractivity (Wildman–Crippen MR) is 138 cm³/mol. The van der Waals surface area contributed by atoms with Crippen molar-refractivity contribution in [2.24, 2.45) is 5.73 Å². The lowest BCUT2D eigenvalue weighted by Crippen LogP contribution is -2.45. The Kier molecular flexibility index (Phi) is 7.89. The molecule has 12 heteroatoms. The Bertz CT molecular complexity index is 1290. The number of phenols is 1. The van der Waals surface area contributed by atoms with E-state index >= 15 is 0 Å². The number of aromatic hydroxyl groups is 1. The van der Waals surface area contributed by atoms with Crippen molar-refractivity contribution in [1.29, 1.82) is 0 Å². The quantitative estimate of drug-likeness (QED) is 0.329. The first-order chi connectivity index (χ1) is 17.8. The van der Waals surface area contributed by atoms with E-state index in [9.17, 15) is 19.5 Å². The normalized spacial score (nSPS) is 15.6. The number of nitrogen functional groups attached to an aromatic ring is 1. The van der Waals surface area contributed by atoms with Crippen LogP contribution in [0, 0.1) is 0 Å². The van der Waals surface area contributed by atoms with Crippen molar-refractivity contribution in [2.45, 2.75) is 25.0 Å². The number of rotatable bonds is 9. The van der Waals surface area contributed by atoms with Crippen LogP contribution in [0.3, 0.4) is 0 Å². The molecule has 2 unspecified atom stereocenters. The van der Waals surface area contributed by atoms with Crippen molar-refractivity contribution in [1.82, 2.24) is 9.69 Å². The van der Waals surface area contributed by atoms with E-state index in [1.807, 2.05) is 0 Å². The summed E-state index contributed by atoms with van der Waals surface area (Å²) in [6.07, 6.45) is 1.60. The third-order valence-electron chi connectivity index (χ3n) is 5.95. The van der Waals surface area contributed by atoms with Crippen LogP contribution >= 0.6 is 11.5 Å². The summed E-state index contributed by atoms with van der Waals surface area (Å²) in [4.78, 5) is 40.7. The molecule has 2 atom stereocenters. The second-order valence-electron chi connectivity index (χ2n) is 8.39. The molecule has 6 N–H and O–H groups in total. The smallest absolute Gasteiger partial charge is 0.273 e. The van der Waals surface area contributed by atoms with Crippen LogP contribution in [0.4, 0.5) is 11.4 Å². The van der Waals surface area contributed by atoms with Gasteiger partial charge in [-0.3, -0.25) is 19.3 Å². The minimum absolute atomic E-state index is 0.000628. The summed E-state index contributed by atoms with van der Waals surface area (Å²) in [6, 6.07) is 11.4. The van der Waals surface area contributed by atoms with Crippen molar-refractivity contribution in [2.75, 3.05) is 30.9 Å². The number of nitrogens with two attached hydrogens (primary N) is 2. The Hall–Kier alpha value is -4.16. The van der Waals surface area contributed by atoms with E-state index in [0.717, 1.165) is 12.8 Å². The molecule has 0 spiro atoms. The van der Waals surface area contributed by atoms with Crippen LogP contribution in [0.2, 0.25) is 0 Å². The SMILES string of the molecule is COc1cccc(N(C(=O)c2snc(C(N)=O)c2N)C(C(=O)NCC2CCCO2)c2ccc(O)cc2)c1. The monoisotopic (exact) mass is 525 g/mol. The molecule has 0 bridgehead atoms. The number of anilines is 2. The Balaban J connectivity index is 1.82. The lowest BCUT2D eigenvalue weighted by Gasteiger charge is -2.31. The number of aromatic nitrogens is 1. The van der Waals surface area contributed by atoms with Crippen molar-refractivity contribution in [3.63, 3.8) is 0 Å². The molecule has 3 aromatic rings. The van der Waals surface area contributed by atoms with Gasteiger partial charge in [0.25, 0.3) is 11.8 Å². The third kappa shape index (κ3) is 5.65. The Morgan fingerprint density at radius 3 is 2.65 bits per heavy atom. The fraction of sp³-hybridized carbons (Fsp3) is 0.280. The molecule has 1 saturated heterocycles. The zero-order valence-corrected chi connectivity index (χ0v) is 20.9. The Labute approximate surface area is 217 Å². The maximum absolute atomic E-state index is 14.0. The fourth-order valence-electron chi connectivity index (χ4n) is 4.07. The molecule has 194 valence electrons. The highest BCUT2D eigenvalue weighted by Gasteiger charge is 2.36. The molecule has 0 aliphatic carbocycles. The molecule has 0 radical (unpaired) electrons.